The molecule has 0 saturated carbocycles. The van der Waals surface area contributed by atoms with Crippen molar-refractivity contribution in [3.63, 3.8) is 0 Å². The highest BCUT2D eigenvalue weighted by Gasteiger charge is 2.21. The molecule has 2 aromatic carbocycles. The van der Waals surface area contributed by atoms with Gasteiger partial charge < -0.3 is 4.90 Å². The average Bonchev–Trinajstić information content (AvgIpc) is 3.47. The lowest BCUT2D eigenvalue weighted by Gasteiger charge is -2.21. The van der Waals surface area contributed by atoms with Gasteiger partial charge in [0.15, 0.2) is 11.0 Å². The Bertz CT molecular complexity index is 1080. The van der Waals surface area contributed by atoms with Gasteiger partial charge in [0, 0.05) is 23.8 Å². The second-order valence-electron chi connectivity index (χ2n) is 8.02. The predicted molar refractivity (Wildman–Crippen MR) is 129 cm³/mol. The van der Waals surface area contributed by atoms with E-state index in [2.05, 4.69) is 15.1 Å². The van der Waals surface area contributed by atoms with Crippen LogP contribution in [-0.4, -0.2) is 55.9 Å². The molecule has 1 aliphatic heterocycles. The SMILES string of the molecule is CCN(Cc1cccc(F)c1)C(=O)CSc1nnc(CN2CCCC2)n1-c1ccc(Cl)cc1. The van der Waals surface area contributed by atoms with Crippen molar-refractivity contribution < 1.29 is 9.18 Å². The Labute approximate surface area is 202 Å². The number of carbonyl (C=O) groups excluding carboxylic acids is 1. The minimum absolute atomic E-state index is 0.0292. The Morgan fingerprint density at radius 3 is 2.61 bits per heavy atom. The van der Waals surface area contributed by atoms with Crippen LogP contribution in [0.25, 0.3) is 5.69 Å². The smallest absolute Gasteiger partial charge is 0.233 e. The van der Waals surface area contributed by atoms with Crippen LogP contribution in [-0.2, 0) is 17.9 Å². The van der Waals surface area contributed by atoms with Gasteiger partial charge in [-0.05, 0) is 74.8 Å². The molecule has 1 fully saturated rings. The fraction of sp³-hybridized carbons (Fsp3) is 0.375. The minimum atomic E-state index is -0.299. The maximum Gasteiger partial charge on any atom is 0.233 e. The molecule has 0 bridgehead atoms. The summed E-state index contributed by atoms with van der Waals surface area (Å²) >= 11 is 7.46. The van der Waals surface area contributed by atoms with E-state index in [0.717, 1.165) is 30.2 Å². The first-order valence-electron chi connectivity index (χ1n) is 11.1. The molecule has 1 saturated heterocycles. The van der Waals surface area contributed by atoms with Crippen LogP contribution in [0.5, 0.6) is 0 Å². The van der Waals surface area contributed by atoms with Gasteiger partial charge in [0.05, 0.1) is 12.3 Å². The number of likely N-dealkylation sites (tertiary alicyclic amines) is 1. The number of halogens is 2. The molecule has 174 valence electrons. The van der Waals surface area contributed by atoms with E-state index in [1.165, 1.54) is 36.7 Å². The molecule has 0 N–H and O–H groups in total. The van der Waals surface area contributed by atoms with Crippen molar-refractivity contribution in [2.75, 3.05) is 25.4 Å². The van der Waals surface area contributed by atoms with Crippen molar-refractivity contribution in [3.05, 3.63) is 70.8 Å². The van der Waals surface area contributed by atoms with Crippen molar-refractivity contribution in [1.82, 2.24) is 24.6 Å². The normalized spacial score (nSPS) is 14.0. The van der Waals surface area contributed by atoms with Crippen LogP contribution in [0.4, 0.5) is 4.39 Å². The molecule has 0 aliphatic carbocycles. The first-order valence-corrected chi connectivity index (χ1v) is 12.5. The van der Waals surface area contributed by atoms with Gasteiger partial charge >= 0.3 is 0 Å². The molecule has 3 aromatic rings. The molecule has 33 heavy (non-hydrogen) atoms. The maximum absolute atomic E-state index is 13.5. The second-order valence-corrected chi connectivity index (χ2v) is 9.40. The number of rotatable bonds is 9. The first kappa shape index (κ1) is 23.7. The summed E-state index contributed by atoms with van der Waals surface area (Å²) < 4.78 is 15.5. The van der Waals surface area contributed by atoms with E-state index in [0.29, 0.717) is 29.8 Å². The van der Waals surface area contributed by atoms with E-state index in [4.69, 9.17) is 11.6 Å². The Hall–Kier alpha value is -2.42. The molecule has 2 heterocycles. The Morgan fingerprint density at radius 1 is 1.15 bits per heavy atom. The van der Waals surface area contributed by atoms with Crippen molar-refractivity contribution >= 4 is 29.3 Å². The zero-order chi connectivity index (χ0) is 23.2. The highest BCUT2D eigenvalue weighted by molar-refractivity contribution is 7.99. The third kappa shape index (κ3) is 6.13. The topological polar surface area (TPSA) is 54.3 Å². The zero-order valence-corrected chi connectivity index (χ0v) is 20.2. The highest BCUT2D eigenvalue weighted by atomic mass is 35.5. The van der Waals surface area contributed by atoms with Gasteiger partial charge in [0.1, 0.15) is 5.82 Å². The number of aromatic nitrogens is 3. The summed E-state index contributed by atoms with van der Waals surface area (Å²) in [5.41, 5.74) is 1.69. The molecule has 0 atom stereocenters. The minimum Gasteiger partial charge on any atom is -0.338 e. The standard InChI is InChI=1S/C24H27ClFN5OS/c1-2-30(15-18-6-5-7-20(26)14-18)23(32)17-33-24-28-27-22(16-29-12-3-4-13-29)31(24)21-10-8-19(25)9-11-21/h5-11,14H,2-4,12-13,15-17H2,1H3. The molecule has 1 amide bonds. The van der Waals surface area contributed by atoms with Gasteiger partial charge in [0.25, 0.3) is 0 Å². The summed E-state index contributed by atoms with van der Waals surface area (Å²) in [4.78, 5) is 17.0. The lowest BCUT2D eigenvalue weighted by Crippen LogP contribution is -2.31. The average molecular weight is 488 g/mol. The lowest BCUT2D eigenvalue weighted by molar-refractivity contribution is -0.128. The summed E-state index contributed by atoms with van der Waals surface area (Å²) in [5.74, 6) is 0.741. The number of carbonyl (C=O) groups is 1. The van der Waals surface area contributed by atoms with Gasteiger partial charge in [-0.2, -0.15) is 0 Å². The van der Waals surface area contributed by atoms with E-state index in [9.17, 15) is 9.18 Å². The quantitative estimate of drug-likeness (QED) is 0.406. The van der Waals surface area contributed by atoms with Crippen LogP contribution >= 0.6 is 23.4 Å². The van der Waals surface area contributed by atoms with Crippen LogP contribution in [0.2, 0.25) is 5.02 Å². The number of hydrogen-bond acceptors (Lipinski definition) is 5. The first-order chi connectivity index (χ1) is 16.0. The number of hydrogen-bond donors (Lipinski definition) is 0. The predicted octanol–water partition coefficient (Wildman–Crippen LogP) is 4.80. The zero-order valence-electron chi connectivity index (χ0n) is 18.6. The summed E-state index contributed by atoms with van der Waals surface area (Å²) in [6.45, 7) is 5.66. The number of benzene rings is 2. The van der Waals surface area contributed by atoms with Crippen LogP contribution in [0, 0.1) is 5.82 Å². The molecule has 0 spiro atoms. The summed E-state index contributed by atoms with van der Waals surface area (Å²) in [6, 6.07) is 13.9. The third-order valence-electron chi connectivity index (χ3n) is 5.67. The Kier molecular flexibility index (Phi) is 8.01. The van der Waals surface area contributed by atoms with Crippen LogP contribution < -0.4 is 0 Å². The molecule has 9 heteroatoms. The van der Waals surface area contributed by atoms with Gasteiger partial charge in [-0.1, -0.05) is 35.5 Å². The van der Waals surface area contributed by atoms with Crippen molar-refractivity contribution in [2.45, 2.75) is 38.0 Å². The van der Waals surface area contributed by atoms with Crippen molar-refractivity contribution in [3.8, 4) is 5.69 Å². The van der Waals surface area contributed by atoms with Gasteiger partial charge in [0.2, 0.25) is 5.91 Å². The van der Waals surface area contributed by atoms with Crippen LogP contribution in [0.15, 0.2) is 53.7 Å². The van der Waals surface area contributed by atoms with Gasteiger partial charge in [-0.3, -0.25) is 14.3 Å². The Balaban J connectivity index is 1.49. The number of nitrogens with zero attached hydrogens (tertiary/aromatic N) is 5. The van der Waals surface area contributed by atoms with E-state index < -0.39 is 0 Å². The van der Waals surface area contributed by atoms with E-state index in [1.807, 2.05) is 41.8 Å². The highest BCUT2D eigenvalue weighted by Crippen LogP contribution is 2.25. The maximum atomic E-state index is 13.5. The lowest BCUT2D eigenvalue weighted by atomic mass is 10.2. The molecule has 0 radical (unpaired) electrons. The fourth-order valence-corrected chi connectivity index (χ4v) is 4.94. The molecule has 1 aromatic heterocycles. The largest absolute Gasteiger partial charge is 0.338 e. The molecular weight excluding hydrogens is 461 g/mol. The van der Waals surface area contributed by atoms with Crippen molar-refractivity contribution in [2.24, 2.45) is 0 Å². The van der Waals surface area contributed by atoms with E-state index in [-0.39, 0.29) is 17.5 Å². The van der Waals surface area contributed by atoms with Crippen LogP contribution in [0.1, 0.15) is 31.2 Å². The molecule has 4 rings (SSSR count). The molecule has 6 nitrogen and oxygen atoms in total. The monoisotopic (exact) mass is 487 g/mol. The van der Waals surface area contributed by atoms with Crippen LogP contribution in [0.3, 0.4) is 0 Å². The number of amides is 1. The number of thioether (sulfide) groups is 1. The van der Waals surface area contributed by atoms with E-state index >= 15 is 0 Å². The second kappa shape index (κ2) is 11.1. The van der Waals surface area contributed by atoms with Crippen molar-refractivity contribution in [1.29, 1.82) is 0 Å². The molecule has 0 unspecified atom stereocenters. The van der Waals surface area contributed by atoms with Gasteiger partial charge in [-0.25, -0.2) is 4.39 Å². The summed E-state index contributed by atoms with van der Waals surface area (Å²) in [6.07, 6.45) is 2.40. The Morgan fingerprint density at radius 2 is 1.91 bits per heavy atom. The fourth-order valence-electron chi connectivity index (χ4n) is 3.94. The molecular formula is C24H27ClFN5OS. The van der Waals surface area contributed by atoms with E-state index in [1.54, 1.807) is 11.0 Å². The third-order valence-corrected chi connectivity index (χ3v) is 6.84. The van der Waals surface area contributed by atoms with Gasteiger partial charge in [-0.15, -0.1) is 10.2 Å². The summed E-state index contributed by atoms with van der Waals surface area (Å²) in [5, 5.41) is 10.2. The summed E-state index contributed by atoms with van der Waals surface area (Å²) in [7, 11) is 0. The molecule has 1 aliphatic rings.